The number of halogens is 4. The largest absolute Gasteiger partial charge is 0.476 e. The summed E-state index contributed by atoms with van der Waals surface area (Å²) in [7, 11) is 0. The van der Waals surface area contributed by atoms with Crippen LogP contribution in [0.5, 0.6) is 5.75 Å². The number of fused-ring (bicyclic) bond motifs is 3. The first-order chi connectivity index (χ1) is 13.8. The minimum Gasteiger partial charge on any atom is -0.476 e. The highest BCUT2D eigenvalue weighted by atomic mass is 79.9. The molecule has 7 heteroatoms. The minimum absolute atomic E-state index is 0.0860. The zero-order chi connectivity index (χ0) is 20.4. The van der Waals surface area contributed by atoms with Crippen molar-refractivity contribution in [2.45, 2.75) is 29.5 Å². The van der Waals surface area contributed by atoms with Crippen molar-refractivity contribution in [1.82, 2.24) is 4.98 Å². The average Bonchev–Trinajstić information content (AvgIpc) is 3.01. The van der Waals surface area contributed by atoms with Gasteiger partial charge in [-0.2, -0.15) is 0 Å². The molecule has 0 saturated heterocycles. The van der Waals surface area contributed by atoms with E-state index in [4.69, 9.17) is 16.3 Å². The fraction of sp³-hybridized carbons (Fsp3) is 0.227. The Labute approximate surface area is 179 Å². The van der Waals surface area contributed by atoms with Crippen LogP contribution >= 0.6 is 27.5 Å². The summed E-state index contributed by atoms with van der Waals surface area (Å²) in [4.78, 5) is 4.21. The molecule has 2 aliphatic rings. The zero-order valence-corrected chi connectivity index (χ0v) is 17.3. The summed E-state index contributed by atoms with van der Waals surface area (Å²) in [6.45, 7) is 0. The van der Waals surface area contributed by atoms with Crippen LogP contribution in [0.2, 0.25) is 5.02 Å². The highest BCUT2D eigenvalue weighted by Gasteiger charge is 2.78. The van der Waals surface area contributed by atoms with E-state index >= 15 is 8.78 Å². The number of ether oxygens (including phenoxy) is 1. The molecule has 29 heavy (non-hydrogen) atoms. The van der Waals surface area contributed by atoms with Gasteiger partial charge in [0.15, 0.2) is 11.2 Å². The lowest BCUT2D eigenvalue weighted by atomic mass is 9.72. The van der Waals surface area contributed by atoms with Gasteiger partial charge in [-0.1, -0.05) is 70.0 Å². The van der Waals surface area contributed by atoms with Crippen molar-refractivity contribution in [2.75, 3.05) is 0 Å². The molecule has 1 aliphatic carbocycles. The van der Waals surface area contributed by atoms with Gasteiger partial charge in [-0.05, 0) is 23.3 Å². The van der Waals surface area contributed by atoms with Crippen molar-refractivity contribution in [2.24, 2.45) is 0 Å². The molecule has 1 fully saturated rings. The predicted molar refractivity (Wildman–Crippen MR) is 108 cm³/mol. The lowest BCUT2D eigenvalue weighted by molar-refractivity contribution is -0.107. The molecule has 0 bridgehead atoms. The number of nitrogens with zero attached hydrogens (tertiary/aromatic N) is 1. The first kappa shape index (κ1) is 19.0. The molecule has 1 N–H and O–H groups in total. The second-order valence-electron chi connectivity index (χ2n) is 7.49. The quantitative estimate of drug-likeness (QED) is 0.506. The minimum atomic E-state index is -3.23. The number of aliphatic hydroxyl groups is 1. The third kappa shape index (κ3) is 2.52. The van der Waals surface area contributed by atoms with Gasteiger partial charge in [0.1, 0.15) is 11.4 Å². The second-order valence-corrected chi connectivity index (χ2v) is 8.84. The van der Waals surface area contributed by atoms with Crippen molar-refractivity contribution in [3.05, 3.63) is 93.2 Å². The molecule has 0 spiro atoms. The maximum Gasteiger partial charge on any atom is 0.262 e. The van der Waals surface area contributed by atoms with Gasteiger partial charge in [0, 0.05) is 16.7 Å². The normalized spacial score (nSPS) is 29.2. The molecule has 3 nitrogen and oxygen atoms in total. The van der Waals surface area contributed by atoms with Gasteiger partial charge in [0.2, 0.25) is 0 Å². The lowest BCUT2D eigenvalue weighted by Crippen LogP contribution is -2.48. The Morgan fingerprint density at radius 2 is 1.79 bits per heavy atom. The summed E-state index contributed by atoms with van der Waals surface area (Å²) in [5.41, 5.74) is -2.86. The Hall–Kier alpha value is -2.02. The molecule has 5 rings (SSSR count). The van der Waals surface area contributed by atoms with Crippen molar-refractivity contribution < 1.29 is 18.6 Å². The third-order valence-corrected chi connectivity index (χ3v) is 6.56. The molecule has 0 radical (unpaired) electrons. The van der Waals surface area contributed by atoms with Crippen molar-refractivity contribution in [3.8, 4) is 5.75 Å². The van der Waals surface area contributed by atoms with Gasteiger partial charge < -0.3 is 9.84 Å². The molecule has 3 aromatic rings. The molecule has 1 aromatic heterocycles. The monoisotopic (exact) mass is 477 g/mol. The lowest BCUT2D eigenvalue weighted by Gasteiger charge is -2.39. The van der Waals surface area contributed by atoms with Gasteiger partial charge in [-0.15, -0.1) is 0 Å². The Balaban J connectivity index is 1.84. The van der Waals surface area contributed by atoms with Crippen LogP contribution < -0.4 is 4.74 Å². The third-order valence-electron chi connectivity index (χ3n) is 5.82. The van der Waals surface area contributed by atoms with Gasteiger partial charge in [0.25, 0.3) is 5.92 Å². The summed E-state index contributed by atoms with van der Waals surface area (Å²) in [5, 5.41) is 12.1. The van der Waals surface area contributed by atoms with Gasteiger partial charge in [-0.25, -0.2) is 8.78 Å². The average molecular weight is 479 g/mol. The fourth-order valence-electron chi connectivity index (χ4n) is 4.78. The van der Waals surface area contributed by atoms with E-state index in [0.717, 1.165) is 4.47 Å². The highest BCUT2D eigenvalue weighted by molar-refractivity contribution is 9.10. The van der Waals surface area contributed by atoms with E-state index in [9.17, 15) is 5.11 Å². The van der Waals surface area contributed by atoms with Crippen LogP contribution in [0.25, 0.3) is 0 Å². The van der Waals surface area contributed by atoms with Crippen LogP contribution in [-0.4, -0.2) is 16.0 Å². The molecular weight excluding hydrogens is 464 g/mol. The number of hydrogen-bond acceptors (Lipinski definition) is 3. The number of rotatable bonds is 2. The molecule has 2 heterocycles. The fourth-order valence-corrected chi connectivity index (χ4v) is 5.19. The van der Waals surface area contributed by atoms with Crippen molar-refractivity contribution in [3.63, 3.8) is 0 Å². The van der Waals surface area contributed by atoms with Crippen LogP contribution in [-0.2, 0) is 11.2 Å². The van der Waals surface area contributed by atoms with Crippen LogP contribution in [0.15, 0.2) is 71.3 Å². The SMILES string of the molecule is OC12CC(F)(F)C(c3ccccc3)C1(c1ccc(Br)cc1)Oc1cc(Cl)cnc12. The van der Waals surface area contributed by atoms with Crippen molar-refractivity contribution >= 4 is 27.5 Å². The first-order valence-electron chi connectivity index (χ1n) is 9.04. The first-order valence-corrected chi connectivity index (χ1v) is 10.2. The molecular formula is C22H15BrClF2NO2. The van der Waals surface area contributed by atoms with E-state index < -0.39 is 29.5 Å². The Bertz CT molecular complexity index is 1100. The van der Waals surface area contributed by atoms with E-state index in [1.807, 2.05) is 0 Å². The maximum absolute atomic E-state index is 15.5. The number of hydrogen-bond donors (Lipinski definition) is 1. The number of benzene rings is 2. The molecule has 3 atom stereocenters. The van der Waals surface area contributed by atoms with Crippen LogP contribution in [0.4, 0.5) is 8.78 Å². The second kappa shape index (κ2) is 6.24. The Morgan fingerprint density at radius 1 is 1.10 bits per heavy atom. The molecule has 1 aliphatic heterocycles. The van der Waals surface area contributed by atoms with E-state index in [1.54, 1.807) is 54.6 Å². The summed E-state index contributed by atoms with van der Waals surface area (Å²) in [5.74, 6) is -4.43. The molecule has 3 unspecified atom stereocenters. The molecule has 2 aromatic carbocycles. The van der Waals surface area contributed by atoms with Gasteiger partial charge >= 0.3 is 0 Å². The number of pyridine rings is 1. The van der Waals surface area contributed by atoms with Gasteiger partial charge in [0.05, 0.1) is 17.4 Å². The van der Waals surface area contributed by atoms with Crippen LogP contribution in [0.1, 0.15) is 29.2 Å². The highest BCUT2D eigenvalue weighted by Crippen LogP contribution is 2.70. The standard InChI is InChI=1S/C22H15BrClF2NO2/c23-15-8-6-14(7-9-15)22-18(13-4-2-1-3-5-13)21(25,26)12-20(22,28)19-17(29-22)10-16(24)11-27-19/h1-11,18,28H,12H2. The Morgan fingerprint density at radius 3 is 2.48 bits per heavy atom. The summed E-state index contributed by atoms with van der Waals surface area (Å²) < 4.78 is 38.1. The van der Waals surface area contributed by atoms with Gasteiger partial charge in [-0.3, -0.25) is 4.98 Å². The maximum atomic E-state index is 15.5. The smallest absolute Gasteiger partial charge is 0.262 e. The van der Waals surface area contributed by atoms with Crippen LogP contribution in [0.3, 0.4) is 0 Å². The summed E-state index contributed by atoms with van der Waals surface area (Å²) in [6.07, 6.45) is 0.532. The van der Waals surface area contributed by atoms with Crippen molar-refractivity contribution in [1.29, 1.82) is 0 Å². The van der Waals surface area contributed by atoms with E-state index in [-0.39, 0.29) is 11.4 Å². The molecule has 0 amide bonds. The predicted octanol–water partition coefficient (Wildman–Crippen LogP) is 5.80. The van der Waals surface area contributed by atoms with Crippen LogP contribution in [0, 0.1) is 0 Å². The summed E-state index contributed by atoms with van der Waals surface area (Å²) >= 11 is 9.45. The zero-order valence-electron chi connectivity index (χ0n) is 14.9. The summed E-state index contributed by atoms with van der Waals surface area (Å²) in [6, 6.07) is 16.8. The topological polar surface area (TPSA) is 42.4 Å². The Kier molecular flexibility index (Phi) is 4.08. The molecule has 148 valence electrons. The van der Waals surface area contributed by atoms with E-state index in [2.05, 4.69) is 20.9 Å². The van der Waals surface area contributed by atoms with E-state index in [0.29, 0.717) is 16.1 Å². The van der Waals surface area contributed by atoms with E-state index in [1.165, 1.54) is 12.3 Å². The number of aromatic nitrogens is 1. The number of alkyl halides is 2. The molecule has 1 saturated carbocycles.